The summed E-state index contributed by atoms with van der Waals surface area (Å²) in [5, 5.41) is 8.57. The second-order valence-corrected chi connectivity index (χ2v) is 11.9. The number of hydrogen-bond acceptors (Lipinski definition) is 2. The lowest BCUT2D eigenvalue weighted by atomic mass is 10.1. The normalized spacial score (nSPS) is 15.2. The quantitative estimate of drug-likeness (QED) is 0.0834. The highest BCUT2D eigenvalue weighted by Gasteiger charge is 2.48. The molecule has 0 aromatic rings. The molecule has 0 aromatic heterocycles. The van der Waals surface area contributed by atoms with E-state index in [0.717, 1.165) is 12.8 Å². The Balaban J connectivity index is 3.75. The smallest absolute Gasteiger partial charge is 0.362 e. The molecule has 3 N–H and O–H groups in total. The van der Waals surface area contributed by atoms with Crippen molar-refractivity contribution < 1.29 is 23.9 Å². The van der Waals surface area contributed by atoms with E-state index < -0.39 is 12.9 Å². The van der Waals surface area contributed by atoms with Crippen LogP contribution in [0.4, 0.5) is 0 Å². The summed E-state index contributed by atoms with van der Waals surface area (Å²) in [7, 11) is 0.909. The van der Waals surface area contributed by atoms with Crippen LogP contribution in [0.5, 0.6) is 0 Å². The molecule has 6 heteroatoms. The summed E-state index contributed by atoms with van der Waals surface area (Å²) in [5.41, 5.74) is 0. The van der Waals surface area contributed by atoms with E-state index >= 15 is 0 Å². The molecule has 0 heterocycles. The van der Waals surface area contributed by atoms with E-state index in [0.29, 0.717) is 10.9 Å². The van der Waals surface area contributed by atoms with Crippen LogP contribution in [0, 0.1) is 0 Å². The molecule has 0 spiro atoms. The maximum atomic E-state index is 11.8. The highest BCUT2D eigenvalue weighted by Crippen LogP contribution is 2.52. The van der Waals surface area contributed by atoms with Gasteiger partial charge in [0.05, 0.1) is 21.1 Å². The van der Waals surface area contributed by atoms with Crippen molar-refractivity contribution in [3.63, 3.8) is 0 Å². The SMILES string of the molecule is CCCCCCCC/C=C\CCCCC/C=C\CCCC(O)(C[N+](C)(C)C)P(=O)(O)O. The second kappa shape index (κ2) is 17.1. The molecule has 1 atom stereocenters. The van der Waals surface area contributed by atoms with Crippen molar-refractivity contribution in [2.75, 3.05) is 27.7 Å². The van der Waals surface area contributed by atoms with Gasteiger partial charge in [0.25, 0.3) is 0 Å². The van der Waals surface area contributed by atoms with Gasteiger partial charge in [-0.15, -0.1) is 0 Å². The van der Waals surface area contributed by atoms with Gasteiger partial charge in [-0.2, -0.15) is 0 Å². The summed E-state index contributed by atoms with van der Waals surface area (Å²) in [6.45, 7) is 2.29. The predicted molar refractivity (Wildman–Crippen MR) is 133 cm³/mol. The summed E-state index contributed by atoms with van der Waals surface area (Å²) < 4.78 is 12.1. The lowest BCUT2D eigenvalue weighted by Crippen LogP contribution is -2.49. The highest BCUT2D eigenvalue weighted by molar-refractivity contribution is 7.53. The summed E-state index contributed by atoms with van der Waals surface area (Å²) in [6.07, 6.45) is 25.6. The van der Waals surface area contributed by atoms with Crippen molar-refractivity contribution in [1.82, 2.24) is 0 Å². The number of quaternary nitrogens is 1. The van der Waals surface area contributed by atoms with E-state index in [1.165, 1.54) is 70.6 Å². The summed E-state index contributed by atoms with van der Waals surface area (Å²) >= 11 is 0. The number of unbranched alkanes of at least 4 members (excludes halogenated alkanes) is 11. The Kier molecular flexibility index (Phi) is 16.8. The van der Waals surface area contributed by atoms with E-state index in [2.05, 4.69) is 31.2 Å². The van der Waals surface area contributed by atoms with Crippen molar-refractivity contribution in [1.29, 1.82) is 0 Å². The topological polar surface area (TPSA) is 77.8 Å². The third kappa shape index (κ3) is 17.7. The van der Waals surface area contributed by atoms with Crippen LogP contribution in [0.15, 0.2) is 24.3 Å². The van der Waals surface area contributed by atoms with Crippen LogP contribution >= 0.6 is 7.60 Å². The van der Waals surface area contributed by atoms with Crippen molar-refractivity contribution >= 4 is 7.60 Å². The zero-order valence-corrected chi connectivity index (χ0v) is 21.7. The van der Waals surface area contributed by atoms with Gasteiger partial charge in [0.2, 0.25) is 5.34 Å². The van der Waals surface area contributed by atoms with Crippen LogP contribution in [0.2, 0.25) is 0 Å². The zero-order chi connectivity index (χ0) is 23.6. The number of hydrogen-bond donors (Lipinski definition) is 3. The third-order valence-electron chi connectivity index (χ3n) is 5.52. The number of likely N-dealkylation sites (N-methyl/N-ethyl adjacent to an activating group) is 1. The summed E-state index contributed by atoms with van der Waals surface area (Å²) in [6, 6.07) is 0. The third-order valence-corrected chi connectivity index (χ3v) is 6.97. The molecule has 0 aliphatic carbocycles. The van der Waals surface area contributed by atoms with Gasteiger partial charge in [0.15, 0.2) is 0 Å². The van der Waals surface area contributed by atoms with E-state index in [4.69, 9.17) is 0 Å². The van der Waals surface area contributed by atoms with Gasteiger partial charge in [0.1, 0.15) is 6.54 Å². The molecule has 31 heavy (non-hydrogen) atoms. The van der Waals surface area contributed by atoms with Crippen LogP contribution in [-0.2, 0) is 4.57 Å². The number of rotatable bonds is 20. The van der Waals surface area contributed by atoms with Gasteiger partial charge in [-0.05, 0) is 57.8 Å². The standard InChI is InChI=1S/C25H50NO4P/c1-5-6-7-8-9-10-11-12-13-14-15-16-17-18-19-20-21-22-23-25(27,31(28,29)30)24-26(2,3)4/h12-13,19-20,27H,5-11,14-18,21-24H2,1-4H3,(H-,28,29,30)/p+1/b13-12-,20-19-. The molecule has 0 aliphatic heterocycles. The van der Waals surface area contributed by atoms with Crippen LogP contribution < -0.4 is 0 Å². The monoisotopic (exact) mass is 460 g/mol. The fourth-order valence-corrected chi connectivity index (χ4v) is 4.85. The molecule has 0 saturated heterocycles. The van der Waals surface area contributed by atoms with Crippen LogP contribution in [0.1, 0.15) is 103 Å². The fraction of sp³-hybridized carbons (Fsp3) is 0.840. The molecule has 0 bridgehead atoms. The number of allylic oxidation sites excluding steroid dienone is 4. The fourth-order valence-electron chi connectivity index (χ4n) is 3.79. The molecule has 0 fully saturated rings. The molecule has 0 rings (SSSR count). The zero-order valence-electron chi connectivity index (χ0n) is 20.8. The first-order valence-electron chi connectivity index (χ1n) is 12.4. The molecule has 0 aliphatic rings. The van der Waals surface area contributed by atoms with Crippen molar-refractivity contribution in [3.8, 4) is 0 Å². The molecular weight excluding hydrogens is 409 g/mol. The first kappa shape index (κ1) is 30.6. The van der Waals surface area contributed by atoms with Crippen molar-refractivity contribution in [2.45, 2.75) is 109 Å². The summed E-state index contributed by atoms with van der Waals surface area (Å²) in [5.74, 6) is 0. The lowest BCUT2D eigenvalue weighted by molar-refractivity contribution is -0.875. The molecule has 0 radical (unpaired) electrons. The minimum atomic E-state index is -4.57. The van der Waals surface area contributed by atoms with Gasteiger partial charge in [-0.25, -0.2) is 0 Å². The Labute approximate surface area is 192 Å². The molecular formula is C25H51NO4P+. The van der Waals surface area contributed by atoms with Crippen LogP contribution in [0.25, 0.3) is 0 Å². The average Bonchev–Trinajstić information content (AvgIpc) is 2.65. The van der Waals surface area contributed by atoms with Gasteiger partial charge in [-0.3, -0.25) is 4.57 Å². The Morgan fingerprint density at radius 2 is 1.10 bits per heavy atom. The minimum Gasteiger partial charge on any atom is -0.373 e. The lowest BCUT2D eigenvalue weighted by Gasteiger charge is -2.35. The van der Waals surface area contributed by atoms with Gasteiger partial charge >= 0.3 is 7.60 Å². The largest absolute Gasteiger partial charge is 0.373 e. The Morgan fingerprint density at radius 1 is 0.710 bits per heavy atom. The average molecular weight is 461 g/mol. The Bertz CT molecular complexity index is 536. The van der Waals surface area contributed by atoms with E-state index in [9.17, 15) is 19.5 Å². The minimum absolute atomic E-state index is 0.0361. The molecule has 1 unspecified atom stereocenters. The van der Waals surface area contributed by atoms with Gasteiger partial charge in [0, 0.05) is 0 Å². The van der Waals surface area contributed by atoms with Crippen molar-refractivity contribution in [3.05, 3.63) is 24.3 Å². The van der Waals surface area contributed by atoms with E-state index in [1.807, 2.05) is 21.1 Å². The molecule has 0 saturated carbocycles. The van der Waals surface area contributed by atoms with Crippen LogP contribution in [0.3, 0.4) is 0 Å². The second-order valence-electron chi connectivity index (χ2n) is 10.0. The van der Waals surface area contributed by atoms with E-state index in [-0.39, 0.29) is 13.0 Å². The molecule has 0 amide bonds. The molecule has 5 nitrogen and oxygen atoms in total. The van der Waals surface area contributed by atoms with E-state index in [1.54, 1.807) is 0 Å². The Morgan fingerprint density at radius 3 is 1.52 bits per heavy atom. The van der Waals surface area contributed by atoms with Gasteiger partial charge < -0.3 is 19.4 Å². The number of aliphatic hydroxyl groups is 1. The summed E-state index contributed by atoms with van der Waals surface area (Å²) in [4.78, 5) is 19.1. The Hall–Kier alpha value is -0.450. The van der Waals surface area contributed by atoms with Crippen molar-refractivity contribution in [2.24, 2.45) is 0 Å². The van der Waals surface area contributed by atoms with Gasteiger partial charge in [-0.1, -0.05) is 69.8 Å². The predicted octanol–water partition coefficient (Wildman–Crippen LogP) is 6.54. The first-order valence-corrected chi connectivity index (χ1v) is 14.0. The first-order chi connectivity index (χ1) is 14.5. The van der Waals surface area contributed by atoms with Crippen LogP contribution in [-0.4, -0.2) is 52.4 Å². The maximum Gasteiger partial charge on any atom is 0.362 e. The number of nitrogens with zero attached hydrogens (tertiary/aromatic N) is 1. The molecule has 0 aromatic carbocycles. The maximum absolute atomic E-state index is 11.8. The highest BCUT2D eigenvalue weighted by atomic mass is 31.2. The molecule has 184 valence electrons.